The molecule has 0 unspecified atom stereocenters. The zero-order valence-corrected chi connectivity index (χ0v) is 12.1. The van der Waals surface area contributed by atoms with Crippen LogP contribution in [0.4, 0.5) is 30.7 Å². The van der Waals surface area contributed by atoms with E-state index in [4.69, 9.17) is 0 Å². The Kier molecular flexibility index (Phi) is 7.95. The summed E-state index contributed by atoms with van der Waals surface area (Å²) < 4.78 is 72.5. The van der Waals surface area contributed by atoms with Crippen molar-refractivity contribution >= 4 is 69.6 Å². The smallest absolute Gasteiger partial charge is 0.285 e. The van der Waals surface area contributed by atoms with Gasteiger partial charge in [-0.25, -0.2) is 0 Å². The third-order valence-electron chi connectivity index (χ3n) is 1.03. The van der Waals surface area contributed by atoms with E-state index in [-0.39, 0.29) is 0 Å². The van der Waals surface area contributed by atoms with Gasteiger partial charge in [0.15, 0.2) is 0 Å². The Morgan fingerprint density at radius 2 is 0.850 bits per heavy atom. The molecule has 0 fully saturated rings. The first-order valence-electron chi connectivity index (χ1n) is 3.68. The van der Waals surface area contributed by atoms with Crippen LogP contribution in [0.1, 0.15) is 0 Å². The highest BCUT2D eigenvalue weighted by molar-refractivity contribution is 6.76. The van der Waals surface area contributed by atoms with Crippen molar-refractivity contribution in [3.8, 4) is 0 Å². The summed E-state index contributed by atoms with van der Waals surface area (Å²) in [5, 5.41) is 0. The van der Waals surface area contributed by atoms with Gasteiger partial charge in [0.2, 0.25) is 0 Å². The number of carbonyl (C=O) groups is 2. The first kappa shape index (κ1) is 22.6. The van der Waals surface area contributed by atoms with Crippen LogP contribution < -0.4 is 0 Å². The maximum atomic E-state index is 11.7. The molecule has 0 aromatic heterocycles. The normalized spacial score (nSPS) is 13.4. The molecule has 0 N–H and O–H groups in total. The van der Waals surface area contributed by atoms with Gasteiger partial charge in [-0.3, -0.25) is 9.59 Å². The average Bonchev–Trinajstić information content (AvgIpc) is 2.10. The number of Topliss-reactive ketones (excluding diaryl/α,β-unsaturated/α-hetero) is 2. The van der Waals surface area contributed by atoms with Crippen molar-refractivity contribution in [1.82, 2.24) is 0 Å². The molecule has 2 nitrogen and oxygen atoms in total. The van der Waals surface area contributed by atoms with Gasteiger partial charge in [-0.1, -0.05) is 58.0 Å². The Bertz CT molecular complexity index is 296. The molecule has 20 heavy (non-hydrogen) atoms. The van der Waals surface area contributed by atoms with Crippen LogP contribution >= 0.6 is 58.0 Å². The van der Waals surface area contributed by atoms with E-state index in [0.717, 1.165) is 0 Å². The molecule has 0 aliphatic carbocycles. The molecule has 0 saturated carbocycles. The molecule has 120 valence electrons. The number of carbonyl (C=O) groups excluding carboxylic acids is 2. The Balaban J connectivity index is 0. The molecule has 0 heterocycles. The van der Waals surface area contributed by atoms with Crippen molar-refractivity contribution in [1.29, 1.82) is 0 Å². The van der Waals surface area contributed by atoms with Crippen LogP contribution in [0.15, 0.2) is 0 Å². The molecule has 0 aliphatic rings. The first-order valence-corrected chi connectivity index (χ1v) is 5.57. The van der Waals surface area contributed by atoms with Crippen LogP contribution in [-0.2, 0) is 9.59 Å². The summed E-state index contributed by atoms with van der Waals surface area (Å²) in [5.74, 6) is -5.20. The quantitative estimate of drug-likeness (QED) is 0.460. The molecule has 14 heteroatoms. The van der Waals surface area contributed by atoms with Gasteiger partial charge in [-0.05, 0) is 0 Å². The second-order valence-corrected chi connectivity index (χ2v) is 6.17. The van der Waals surface area contributed by atoms with Crippen LogP contribution in [0.25, 0.3) is 0 Å². The van der Waals surface area contributed by atoms with Crippen molar-refractivity contribution in [2.24, 2.45) is 0 Å². The minimum atomic E-state index is -5.34. The highest BCUT2D eigenvalue weighted by Crippen LogP contribution is 2.34. The maximum absolute atomic E-state index is 11.7. The van der Waals surface area contributed by atoms with E-state index in [1.165, 1.54) is 0 Å². The van der Waals surface area contributed by atoms with E-state index in [9.17, 15) is 40.3 Å². The molecule has 0 aromatic carbocycles. The van der Waals surface area contributed by atoms with E-state index in [2.05, 4.69) is 58.0 Å². The summed E-state index contributed by atoms with van der Waals surface area (Å²) in [6.07, 6.45) is -10.4. The molecule has 0 rings (SSSR count). The van der Waals surface area contributed by atoms with Gasteiger partial charge in [0.1, 0.15) is 0 Å². The molecule has 0 amide bonds. The van der Waals surface area contributed by atoms with E-state index in [1.807, 2.05) is 0 Å². The summed E-state index contributed by atoms with van der Waals surface area (Å²) >= 11 is 22.3. The number of halogens is 12. The minimum Gasteiger partial charge on any atom is -0.285 e. The predicted molar refractivity (Wildman–Crippen MR) is 58.0 cm³/mol. The lowest BCUT2D eigenvalue weighted by Gasteiger charge is -2.10. The minimum absolute atomic E-state index is 2.38. The largest absolute Gasteiger partial charge is 0.456 e. The van der Waals surface area contributed by atoms with Crippen molar-refractivity contribution in [3.63, 3.8) is 0 Å². The topological polar surface area (TPSA) is 34.1 Å². The molecule has 0 atom stereocenters. The van der Waals surface area contributed by atoms with Crippen molar-refractivity contribution < 1.29 is 40.3 Å². The third-order valence-corrected chi connectivity index (χ3v) is 1.89. The molecular formula is C6Cl5F7O2. The lowest BCUT2D eigenvalue weighted by molar-refractivity contribution is -0.175. The number of ketones is 2. The Morgan fingerprint density at radius 3 is 0.850 bits per heavy atom. The Morgan fingerprint density at radius 1 is 0.600 bits per heavy atom. The molecule has 0 aliphatic heterocycles. The lowest BCUT2D eigenvalue weighted by atomic mass is 10.4. The van der Waals surface area contributed by atoms with Crippen molar-refractivity contribution in [2.45, 2.75) is 20.7 Å². The van der Waals surface area contributed by atoms with Gasteiger partial charge >= 0.3 is 22.7 Å². The maximum Gasteiger partial charge on any atom is 0.456 e. The Labute approximate surface area is 131 Å². The first-order chi connectivity index (χ1) is 8.31. The number of alkyl halides is 12. The summed E-state index contributed by atoms with van der Waals surface area (Å²) in [6.45, 7) is 0. The highest BCUT2D eigenvalue weighted by atomic mass is 35.6. The van der Waals surface area contributed by atoms with Gasteiger partial charge in [-0.2, -0.15) is 30.7 Å². The van der Waals surface area contributed by atoms with Gasteiger partial charge < -0.3 is 0 Å². The molecule has 0 saturated heterocycles. The van der Waals surface area contributed by atoms with Crippen LogP contribution in [0.5, 0.6) is 0 Å². The van der Waals surface area contributed by atoms with Crippen LogP contribution in [-0.4, -0.2) is 32.3 Å². The predicted octanol–water partition coefficient (Wildman–Crippen LogP) is 4.71. The SMILES string of the molecule is O=C(C(F)(F)F)C(Cl)(Cl)Cl.O=C(C(F)(F)F)C(F)(Cl)Cl. The van der Waals surface area contributed by atoms with Gasteiger partial charge in [0.25, 0.3) is 9.58 Å². The van der Waals surface area contributed by atoms with E-state index in [0.29, 0.717) is 0 Å². The third kappa shape index (κ3) is 9.28. The fourth-order valence-corrected chi connectivity index (χ4v) is 0.857. The molecule has 0 radical (unpaired) electrons. The van der Waals surface area contributed by atoms with Gasteiger partial charge in [0.05, 0.1) is 0 Å². The summed E-state index contributed by atoms with van der Waals surface area (Å²) in [4.78, 5) is 19.7. The highest BCUT2D eigenvalue weighted by Gasteiger charge is 2.52. The molecule has 0 bridgehead atoms. The monoisotopic (exact) mass is 412 g/mol. The standard InChI is InChI=1S/C3Cl3F3O.C3Cl2F4O/c2*4-2(5,6)1(10)3(7,8)9. The van der Waals surface area contributed by atoms with Gasteiger partial charge in [-0.15, -0.1) is 0 Å². The van der Waals surface area contributed by atoms with E-state index < -0.39 is 32.3 Å². The number of hydrogen-bond donors (Lipinski definition) is 0. The fourth-order valence-electron chi connectivity index (χ4n) is 0.321. The van der Waals surface area contributed by atoms with Crippen LogP contribution in [0, 0.1) is 0 Å². The molecular weight excluding hydrogens is 414 g/mol. The summed E-state index contributed by atoms with van der Waals surface area (Å²) in [7, 11) is 0. The molecule has 0 spiro atoms. The van der Waals surface area contributed by atoms with Crippen LogP contribution in [0.3, 0.4) is 0 Å². The fraction of sp³-hybridized carbons (Fsp3) is 0.667. The van der Waals surface area contributed by atoms with Crippen molar-refractivity contribution in [3.05, 3.63) is 0 Å². The number of hydrogen-bond acceptors (Lipinski definition) is 2. The zero-order chi connectivity index (χ0) is 17.2. The average molecular weight is 414 g/mol. The Hall–Kier alpha value is 0.300. The second-order valence-electron chi connectivity index (χ2n) is 2.65. The number of rotatable bonds is 1. The van der Waals surface area contributed by atoms with Crippen molar-refractivity contribution in [2.75, 3.05) is 0 Å². The molecule has 0 aromatic rings. The summed E-state index contributed by atoms with van der Waals surface area (Å²) in [6, 6.07) is 0. The lowest BCUT2D eigenvalue weighted by Crippen LogP contribution is -2.34. The van der Waals surface area contributed by atoms with Crippen LogP contribution in [0.2, 0.25) is 0 Å². The van der Waals surface area contributed by atoms with E-state index >= 15 is 0 Å². The summed E-state index contributed by atoms with van der Waals surface area (Å²) in [5.41, 5.74) is 0. The zero-order valence-electron chi connectivity index (χ0n) is 8.35. The van der Waals surface area contributed by atoms with Gasteiger partial charge in [0, 0.05) is 0 Å². The van der Waals surface area contributed by atoms with E-state index in [1.54, 1.807) is 0 Å². The second kappa shape index (κ2) is 7.04.